The normalized spacial score (nSPS) is 21.8. The molecular formula is C26H34N2O3S. The number of nitrogens with zero attached hydrogens (tertiary/aromatic N) is 1. The van der Waals surface area contributed by atoms with Crippen LogP contribution in [0.2, 0.25) is 0 Å². The van der Waals surface area contributed by atoms with Gasteiger partial charge in [-0.3, -0.25) is 0 Å². The molecular weight excluding hydrogens is 420 g/mol. The van der Waals surface area contributed by atoms with E-state index in [2.05, 4.69) is 29.6 Å². The molecule has 0 amide bonds. The van der Waals surface area contributed by atoms with Gasteiger partial charge < -0.3 is 10.1 Å². The molecule has 0 radical (unpaired) electrons. The van der Waals surface area contributed by atoms with E-state index in [1.165, 1.54) is 0 Å². The zero-order valence-corrected chi connectivity index (χ0v) is 20.1. The van der Waals surface area contributed by atoms with E-state index < -0.39 is 10.0 Å². The molecule has 1 N–H and O–H groups in total. The minimum atomic E-state index is -3.51. The van der Waals surface area contributed by atoms with Gasteiger partial charge in [-0.25, -0.2) is 8.42 Å². The number of benzene rings is 2. The number of nitrogens with one attached hydrogen (secondary N) is 1. The largest absolute Gasteiger partial charge is 0.494 e. The van der Waals surface area contributed by atoms with Gasteiger partial charge >= 0.3 is 0 Å². The first-order valence-corrected chi connectivity index (χ1v) is 13.2. The Balaban J connectivity index is 1.72. The summed E-state index contributed by atoms with van der Waals surface area (Å²) in [5, 5.41) is 3.71. The molecule has 1 aliphatic carbocycles. The summed E-state index contributed by atoms with van der Waals surface area (Å²) in [4.78, 5) is 0.396. The van der Waals surface area contributed by atoms with E-state index in [-0.39, 0.29) is 12.0 Å². The average Bonchev–Trinajstić information content (AvgIpc) is 3.29. The first-order chi connectivity index (χ1) is 15.5. The van der Waals surface area contributed by atoms with Crippen LogP contribution in [0, 0.1) is 5.92 Å². The highest BCUT2D eigenvalue weighted by atomic mass is 32.2. The Kier molecular flexibility index (Phi) is 6.91. The van der Waals surface area contributed by atoms with Crippen LogP contribution in [-0.2, 0) is 10.0 Å². The van der Waals surface area contributed by atoms with Crippen molar-refractivity contribution in [1.29, 1.82) is 0 Å². The van der Waals surface area contributed by atoms with E-state index in [1.807, 2.05) is 45.0 Å². The summed E-state index contributed by atoms with van der Waals surface area (Å²) in [6.07, 6.45) is 7.04. The van der Waals surface area contributed by atoms with E-state index in [9.17, 15) is 8.42 Å². The van der Waals surface area contributed by atoms with E-state index >= 15 is 0 Å². The first-order valence-electron chi connectivity index (χ1n) is 11.8. The first kappa shape index (κ1) is 22.9. The van der Waals surface area contributed by atoms with Crippen molar-refractivity contribution in [3.8, 4) is 5.75 Å². The molecule has 2 aromatic carbocycles. The predicted molar refractivity (Wildman–Crippen MR) is 130 cm³/mol. The Hall–Kier alpha value is -2.31. The molecule has 0 bridgehead atoms. The molecule has 0 spiro atoms. The second-order valence-electron chi connectivity index (χ2n) is 8.60. The van der Waals surface area contributed by atoms with Gasteiger partial charge in [0.1, 0.15) is 5.75 Å². The highest BCUT2D eigenvalue weighted by Crippen LogP contribution is 2.51. The van der Waals surface area contributed by atoms with Crippen LogP contribution in [0.5, 0.6) is 5.75 Å². The molecule has 3 unspecified atom stereocenters. The van der Waals surface area contributed by atoms with E-state index in [1.54, 1.807) is 10.4 Å². The van der Waals surface area contributed by atoms with Crippen LogP contribution in [0.25, 0.3) is 0 Å². The number of allylic oxidation sites excluding steroid dienone is 2. The number of hydrogen-bond acceptors (Lipinski definition) is 4. The van der Waals surface area contributed by atoms with Gasteiger partial charge in [-0.1, -0.05) is 44.2 Å². The molecule has 172 valence electrons. The second-order valence-corrected chi connectivity index (χ2v) is 10.5. The molecule has 0 aromatic heterocycles. The maximum atomic E-state index is 13.4. The summed E-state index contributed by atoms with van der Waals surface area (Å²) in [6, 6.07) is 13.9. The van der Waals surface area contributed by atoms with E-state index in [0.717, 1.165) is 41.8 Å². The molecule has 0 saturated heterocycles. The third kappa shape index (κ3) is 4.18. The molecule has 0 fully saturated rings. The summed E-state index contributed by atoms with van der Waals surface area (Å²) >= 11 is 0. The number of para-hydroxylation sites is 1. The van der Waals surface area contributed by atoms with Gasteiger partial charge in [0, 0.05) is 30.3 Å². The van der Waals surface area contributed by atoms with Crippen molar-refractivity contribution in [1.82, 2.24) is 4.31 Å². The highest BCUT2D eigenvalue weighted by molar-refractivity contribution is 7.89. The molecule has 6 heteroatoms. The molecule has 3 atom stereocenters. The summed E-state index contributed by atoms with van der Waals surface area (Å²) in [5.74, 6) is 1.42. The summed E-state index contributed by atoms with van der Waals surface area (Å²) in [5.41, 5.74) is 3.24. The Labute approximate surface area is 192 Å². The minimum absolute atomic E-state index is 0.115. The summed E-state index contributed by atoms with van der Waals surface area (Å²) in [6.45, 7) is 7.76. The van der Waals surface area contributed by atoms with Crippen molar-refractivity contribution in [3.63, 3.8) is 0 Å². The quantitative estimate of drug-likeness (QED) is 0.492. The lowest BCUT2D eigenvalue weighted by atomic mass is 9.77. The van der Waals surface area contributed by atoms with Crippen LogP contribution in [0.3, 0.4) is 0 Å². The fraction of sp³-hybridized carbons (Fsp3) is 0.462. The predicted octanol–water partition coefficient (Wildman–Crippen LogP) is 5.72. The number of hydrogen-bond donors (Lipinski definition) is 1. The van der Waals surface area contributed by atoms with Crippen LogP contribution >= 0.6 is 0 Å². The standard InChI is InChI=1S/C26H34N2O3S/c1-4-16-28(17-5-2)32(29,30)19-14-15-24-23(18-19)20-11-9-12-21(20)26(27-24)22-10-7-8-13-25(22)31-6-3/h7-11,13-15,18,20-21,26-27H,4-6,12,16-17H2,1-3H3. The molecule has 2 aliphatic rings. The maximum Gasteiger partial charge on any atom is 0.243 e. The van der Waals surface area contributed by atoms with Crippen molar-refractivity contribution in [2.24, 2.45) is 5.92 Å². The lowest BCUT2D eigenvalue weighted by molar-refractivity contribution is 0.326. The number of ether oxygens (including phenoxy) is 1. The van der Waals surface area contributed by atoms with Crippen LogP contribution in [0.4, 0.5) is 5.69 Å². The number of anilines is 1. The van der Waals surface area contributed by atoms with Crippen LogP contribution < -0.4 is 10.1 Å². The van der Waals surface area contributed by atoms with Crippen molar-refractivity contribution in [2.45, 2.75) is 56.9 Å². The zero-order chi connectivity index (χ0) is 22.7. The van der Waals surface area contributed by atoms with Crippen molar-refractivity contribution in [3.05, 3.63) is 65.7 Å². The maximum absolute atomic E-state index is 13.4. The van der Waals surface area contributed by atoms with Gasteiger partial charge in [-0.2, -0.15) is 4.31 Å². The topological polar surface area (TPSA) is 58.6 Å². The van der Waals surface area contributed by atoms with Crippen molar-refractivity contribution >= 4 is 15.7 Å². The second kappa shape index (κ2) is 9.67. The molecule has 5 nitrogen and oxygen atoms in total. The van der Waals surface area contributed by atoms with Gasteiger partial charge in [0.05, 0.1) is 17.5 Å². The zero-order valence-electron chi connectivity index (χ0n) is 19.3. The molecule has 2 aromatic rings. The highest BCUT2D eigenvalue weighted by Gasteiger charge is 2.39. The molecule has 4 rings (SSSR count). The van der Waals surface area contributed by atoms with Crippen LogP contribution in [0.15, 0.2) is 59.5 Å². The molecule has 32 heavy (non-hydrogen) atoms. The van der Waals surface area contributed by atoms with Gasteiger partial charge in [0.25, 0.3) is 0 Å². The van der Waals surface area contributed by atoms with Gasteiger partial charge in [-0.05, 0) is 61.9 Å². The number of rotatable bonds is 9. The smallest absolute Gasteiger partial charge is 0.243 e. The average molecular weight is 455 g/mol. The van der Waals surface area contributed by atoms with E-state index in [4.69, 9.17) is 4.74 Å². The Morgan fingerprint density at radius 1 is 1.03 bits per heavy atom. The third-order valence-corrected chi connectivity index (χ3v) is 8.37. The third-order valence-electron chi connectivity index (χ3n) is 6.47. The fourth-order valence-electron chi connectivity index (χ4n) is 5.07. The van der Waals surface area contributed by atoms with Gasteiger partial charge in [-0.15, -0.1) is 0 Å². The Morgan fingerprint density at radius 3 is 2.50 bits per heavy atom. The van der Waals surface area contributed by atoms with Crippen LogP contribution in [0.1, 0.15) is 63.1 Å². The number of fused-ring (bicyclic) bond motifs is 3. The lowest BCUT2D eigenvalue weighted by Crippen LogP contribution is -2.33. The van der Waals surface area contributed by atoms with Crippen molar-refractivity contribution < 1.29 is 13.2 Å². The van der Waals surface area contributed by atoms with Crippen molar-refractivity contribution in [2.75, 3.05) is 25.0 Å². The molecule has 1 aliphatic heterocycles. The SMILES string of the molecule is CCCN(CCC)S(=O)(=O)c1ccc2c(c1)C1C=CCC1C(c1ccccc1OCC)N2. The fourth-order valence-corrected chi connectivity index (χ4v) is 6.73. The van der Waals surface area contributed by atoms with Gasteiger partial charge in [0.15, 0.2) is 0 Å². The minimum Gasteiger partial charge on any atom is -0.494 e. The number of sulfonamides is 1. The monoisotopic (exact) mass is 454 g/mol. The Bertz CT molecular complexity index is 1070. The summed E-state index contributed by atoms with van der Waals surface area (Å²) in [7, 11) is -3.51. The summed E-state index contributed by atoms with van der Waals surface area (Å²) < 4.78 is 34.3. The molecule has 0 saturated carbocycles. The Morgan fingerprint density at radius 2 is 1.78 bits per heavy atom. The van der Waals surface area contributed by atoms with Gasteiger partial charge in [0.2, 0.25) is 10.0 Å². The molecule has 1 heterocycles. The van der Waals surface area contributed by atoms with Crippen LogP contribution in [-0.4, -0.2) is 32.4 Å². The lowest BCUT2D eigenvalue weighted by Gasteiger charge is -2.38. The van der Waals surface area contributed by atoms with E-state index in [0.29, 0.717) is 30.5 Å².